The molecule has 8 heteroatoms. The smallest absolute Gasteiger partial charge is 0.295 e. The van der Waals surface area contributed by atoms with Gasteiger partial charge in [0.2, 0.25) is 0 Å². The number of rotatable bonds is 9. The van der Waals surface area contributed by atoms with Crippen molar-refractivity contribution in [3.8, 4) is 17.2 Å². The number of aliphatic hydroxyl groups excluding tert-OH is 1. The van der Waals surface area contributed by atoms with E-state index in [1.54, 1.807) is 42.3 Å². The molecule has 2 aromatic rings. The third kappa shape index (κ3) is 4.98. The Labute approximate surface area is 205 Å². The number of methoxy groups -OCH3 is 1. The molecule has 35 heavy (non-hydrogen) atoms. The van der Waals surface area contributed by atoms with E-state index >= 15 is 0 Å². The van der Waals surface area contributed by atoms with Gasteiger partial charge in [-0.05, 0) is 62.0 Å². The molecule has 1 amide bonds. The number of amides is 1. The molecular weight excluding hydrogens is 448 g/mol. The van der Waals surface area contributed by atoms with Gasteiger partial charge in [-0.2, -0.15) is 0 Å². The number of ether oxygens (including phenoxy) is 3. The van der Waals surface area contributed by atoms with Crippen LogP contribution in [0.15, 0.2) is 48.0 Å². The zero-order valence-corrected chi connectivity index (χ0v) is 20.5. The Balaban J connectivity index is 1.73. The summed E-state index contributed by atoms with van der Waals surface area (Å²) in [6.45, 7) is 8.10. The first kappa shape index (κ1) is 24.6. The third-order valence-corrected chi connectivity index (χ3v) is 6.55. The van der Waals surface area contributed by atoms with Crippen LogP contribution in [0.5, 0.6) is 17.2 Å². The van der Waals surface area contributed by atoms with Crippen LogP contribution in [0.4, 0.5) is 0 Å². The Morgan fingerprint density at radius 2 is 1.74 bits per heavy atom. The topological polar surface area (TPSA) is 88.5 Å². The number of hydrogen-bond acceptors (Lipinski definition) is 7. The predicted molar refractivity (Wildman–Crippen MR) is 132 cm³/mol. The van der Waals surface area contributed by atoms with Gasteiger partial charge in [-0.3, -0.25) is 9.59 Å². The van der Waals surface area contributed by atoms with Gasteiger partial charge in [-0.25, -0.2) is 0 Å². The minimum absolute atomic E-state index is 0.0692. The fourth-order valence-corrected chi connectivity index (χ4v) is 4.59. The van der Waals surface area contributed by atoms with Crippen LogP contribution in [0.1, 0.15) is 37.4 Å². The van der Waals surface area contributed by atoms with E-state index in [9.17, 15) is 14.7 Å². The van der Waals surface area contributed by atoms with E-state index in [2.05, 4.69) is 18.7 Å². The summed E-state index contributed by atoms with van der Waals surface area (Å²) in [5.41, 5.74) is 1.19. The van der Waals surface area contributed by atoms with Crippen molar-refractivity contribution in [1.29, 1.82) is 0 Å². The monoisotopic (exact) mass is 480 g/mol. The molecule has 2 aliphatic rings. The average Bonchev–Trinajstić information content (AvgIpc) is 3.15. The van der Waals surface area contributed by atoms with Crippen LogP contribution in [0, 0.1) is 0 Å². The lowest BCUT2D eigenvalue weighted by molar-refractivity contribution is -0.140. The first-order chi connectivity index (χ1) is 17.0. The summed E-state index contributed by atoms with van der Waals surface area (Å²) in [6.07, 6.45) is 0.714. The van der Waals surface area contributed by atoms with Crippen LogP contribution in [0.2, 0.25) is 0 Å². The maximum atomic E-state index is 13.2. The SMILES string of the molecule is CCN(CC)CCCN1C(=O)C(=O)/C(=C(\O)c2ccc3c(c2)OCCO3)C1c1ccc(OC)cc1. The van der Waals surface area contributed by atoms with Crippen molar-refractivity contribution in [1.82, 2.24) is 9.80 Å². The zero-order chi connectivity index (χ0) is 24.9. The van der Waals surface area contributed by atoms with E-state index in [-0.39, 0.29) is 11.3 Å². The molecule has 1 N–H and O–H groups in total. The molecular formula is C27H32N2O6. The molecule has 1 unspecified atom stereocenters. The highest BCUT2D eigenvalue weighted by atomic mass is 16.6. The highest BCUT2D eigenvalue weighted by molar-refractivity contribution is 6.46. The molecule has 1 atom stereocenters. The minimum atomic E-state index is -0.703. The van der Waals surface area contributed by atoms with Crippen molar-refractivity contribution in [2.75, 3.05) is 46.5 Å². The van der Waals surface area contributed by atoms with Gasteiger partial charge in [-0.15, -0.1) is 0 Å². The molecule has 0 bridgehead atoms. The lowest BCUT2D eigenvalue weighted by Crippen LogP contribution is -2.33. The van der Waals surface area contributed by atoms with Gasteiger partial charge in [0.1, 0.15) is 24.7 Å². The second kappa shape index (κ2) is 10.8. The third-order valence-electron chi connectivity index (χ3n) is 6.55. The van der Waals surface area contributed by atoms with E-state index < -0.39 is 17.7 Å². The molecule has 8 nitrogen and oxygen atoms in total. The van der Waals surface area contributed by atoms with Crippen molar-refractivity contribution >= 4 is 17.4 Å². The van der Waals surface area contributed by atoms with Gasteiger partial charge in [0.05, 0.1) is 18.7 Å². The molecule has 0 aliphatic carbocycles. The van der Waals surface area contributed by atoms with Crippen LogP contribution in [0.25, 0.3) is 5.76 Å². The number of carbonyl (C=O) groups excluding carboxylic acids is 2. The molecule has 4 rings (SSSR count). The Bertz CT molecular complexity index is 1110. The molecule has 186 valence electrons. The molecule has 1 fully saturated rings. The zero-order valence-electron chi connectivity index (χ0n) is 20.5. The van der Waals surface area contributed by atoms with Gasteiger partial charge in [-0.1, -0.05) is 26.0 Å². The fourth-order valence-electron chi connectivity index (χ4n) is 4.59. The quantitative estimate of drug-likeness (QED) is 0.333. The van der Waals surface area contributed by atoms with Crippen LogP contribution < -0.4 is 14.2 Å². The Kier molecular flexibility index (Phi) is 7.60. The standard InChI is InChI=1S/C27H32N2O6/c1-4-28(5-2)13-6-14-29-24(18-7-10-20(33-3)11-8-18)23(26(31)27(29)32)25(30)19-9-12-21-22(17-19)35-16-15-34-21/h7-12,17,24,30H,4-6,13-16H2,1-3H3/b25-23-. The van der Waals surface area contributed by atoms with Crippen LogP contribution in [0.3, 0.4) is 0 Å². The average molecular weight is 481 g/mol. The van der Waals surface area contributed by atoms with Crippen LogP contribution >= 0.6 is 0 Å². The number of aliphatic hydroxyl groups is 1. The van der Waals surface area contributed by atoms with Crippen molar-refractivity contribution in [2.24, 2.45) is 0 Å². The summed E-state index contributed by atoms with van der Waals surface area (Å²) in [6, 6.07) is 11.5. The second-order valence-electron chi connectivity index (χ2n) is 8.50. The number of benzene rings is 2. The number of ketones is 1. The molecule has 1 saturated heterocycles. The van der Waals surface area contributed by atoms with E-state index in [0.29, 0.717) is 49.0 Å². The Hall–Kier alpha value is -3.52. The maximum Gasteiger partial charge on any atom is 0.295 e. The largest absolute Gasteiger partial charge is 0.507 e. The predicted octanol–water partition coefficient (Wildman–Crippen LogP) is 3.62. The summed E-state index contributed by atoms with van der Waals surface area (Å²) in [5, 5.41) is 11.3. The summed E-state index contributed by atoms with van der Waals surface area (Å²) in [4.78, 5) is 30.2. The van der Waals surface area contributed by atoms with E-state index in [1.807, 2.05) is 12.1 Å². The summed E-state index contributed by atoms with van der Waals surface area (Å²) < 4.78 is 16.5. The molecule has 2 aromatic carbocycles. The molecule has 0 aromatic heterocycles. The normalized spacial score (nSPS) is 18.9. The number of Topliss-reactive ketones (excluding diaryl/α,β-unsaturated/α-hetero) is 1. The summed E-state index contributed by atoms with van der Waals surface area (Å²) >= 11 is 0. The lowest BCUT2D eigenvalue weighted by Gasteiger charge is -2.27. The summed E-state index contributed by atoms with van der Waals surface area (Å²) in [5.74, 6) is 0.211. The van der Waals surface area contributed by atoms with Crippen LogP contribution in [-0.2, 0) is 9.59 Å². The van der Waals surface area contributed by atoms with Crippen molar-refractivity contribution < 1.29 is 28.9 Å². The molecule has 0 radical (unpaired) electrons. The maximum absolute atomic E-state index is 13.2. The van der Waals surface area contributed by atoms with Gasteiger partial charge < -0.3 is 29.1 Å². The van der Waals surface area contributed by atoms with Crippen molar-refractivity contribution in [2.45, 2.75) is 26.3 Å². The van der Waals surface area contributed by atoms with Crippen LogP contribution in [-0.4, -0.2) is 73.1 Å². The highest BCUT2D eigenvalue weighted by Crippen LogP contribution is 2.41. The molecule has 2 aliphatic heterocycles. The number of carbonyl (C=O) groups is 2. The highest BCUT2D eigenvalue weighted by Gasteiger charge is 2.45. The van der Waals surface area contributed by atoms with E-state index in [0.717, 1.165) is 25.2 Å². The Morgan fingerprint density at radius 1 is 1.06 bits per heavy atom. The summed E-state index contributed by atoms with van der Waals surface area (Å²) in [7, 11) is 1.58. The second-order valence-corrected chi connectivity index (χ2v) is 8.50. The van der Waals surface area contributed by atoms with E-state index in [4.69, 9.17) is 14.2 Å². The van der Waals surface area contributed by atoms with Crippen molar-refractivity contribution in [3.05, 3.63) is 59.2 Å². The van der Waals surface area contributed by atoms with Gasteiger partial charge in [0.25, 0.3) is 11.7 Å². The minimum Gasteiger partial charge on any atom is -0.507 e. The van der Waals surface area contributed by atoms with Gasteiger partial charge in [0.15, 0.2) is 11.5 Å². The van der Waals surface area contributed by atoms with E-state index in [1.165, 1.54) is 0 Å². The first-order valence-corrected chi connectivity index (χ1v) is 12.0. The first-order valence-electron chi connectivity index (χ1n) is 12.0. The fraction of sp³-hybridized carbons (Fsp3) is 0.407. The van der Waals surface area contributed by atoms with Crippen molar-refractivity contribution in [3.63, 3.8) is 0 Å². The Morgan fingerprint density at radius 3 is 2.40 bits per heavy atom. The number of nitrogens with zero attached hydrogens (tertiary/aromatic N) is 2. The lowest BCUT2D eigenvalue weighted by atomic mass is 9.95. The molecule has 2 heterocycles. The number of likely N-dealkylation sites (tertiary alicyclic amines) is 1. The molecule has 0 saturated carbocycles. The molecule has 0 spiro atoms. The van der Waals surface area contributed by atoms with Gasteiger partial charge >= 0.3 is 0 Å². The van der Waals surface area contributed by atoms with Gasteiger partial charge in [0, 0.05) is 12.1 Å². The number of hydrogen-bond donors (Lipinski definition) is 1. The number of fused-ring (bicyclic) bond motifs is 1.